The molecule has 0 aliphatic heterocycles. The number of hydrogen-bond donors (Lipinski definition) is 1. The van der Waals surface area contributed by atoms with Crippen molar-refractivity contribution in [1.82, 2.24) is 4.98 Å². The molecular formula is C15H27N3S. The highest BCUT2D eigenvalue weighted by atomic mass is 32.1. The Morgan fingerprint density at radius 2 is 1.95 bits per heavy atom. The first-order valence-corrected chi connectivity index (χ1v) is 8.42. The summed E-state index contributed by atoms with van der Waals surface area (Å²) in [4.78, 5) is 8.43. The Morgan fingerprint density at radius 1 is 1.26 bits per heavy atom. The number of thiazole rings is 1. The summed E-state index contributed by atoms with van der Waals surface area (Å²) >= 11 is 1.78. The fraction of sp³-hybridized carbons (Fsp3) is 0.800. The van der Waals surface area contributed by atoms with Crippen molar-refractivity contribution in [1.29, 1.82) is 0 Å². The van der Waals surface area contributed by atoms with Crippen LogP contribution in [0.2, 0.25) is 0 Å². The number of hydrogen-bond acceptors (Lipinski definition) is 4. The van der Waals surface area contributed by atoms with Gasteiger partial charge >= 0.3 is 0 Å². The molecular weight excluding hydrogens is 254 g/mol. The van der Waals surface area contributed by atoms with E-state index < -0.39 is 0 Å². The van der Waals surface area contributed by atoms with Crippen molar-refractivity contribution < 1.29 is 0 Å². The highest BCUT2D eigenvalue weighted by molar-refractivity contribution is 7.15. The number of aromatic nitrogens is 1. The number of aryl methyl sites for hydroxylation is 1. The fourth-order valence-corrected chi connectivity index (χ4v) is 4.11. The van der Waals surface area contributed by atoms with Crippen LogP contribution in [0, 0.1) is 5.92 Å². The number of nitrogens with two attached hydrogens (primary N) is 1. The van der Waals surface area contributed by atoms with E-state index >= 15 is 0 Å². The van der Waals surface area contributed by atoms with E-state index in [4.69, 9.17) is 10.7 Å². The number of rotatable bonds is 5. The standard InChI is InChI=1S/C15H27N3S/c1-4-11-6-8-12(9-7-11)18(3)15-17-13(5-2)14(10-16)19-15/h11-12H,4-10,16H2,1-3H3. The van der Waals surface area contributed by atoms with Crippen LogP contribution in [0.15, 0.2) is 0 Å². The van der Waals surface area contributed by atoms with Gasteiger partial charge in [-0.2, -0.15) is 0 Å². The smallest absolute Gasteiger partial charge is 0.185 e. The van der Waals surface area contributed by atoms with E-state index in [1.165, 1.54) is 42.7 Å². The van der Waals surface area contributed by atoms with E-state index in [1.807, 2.05) is 0 Å². The van der Waals surface area contributed by atoms with Crippen molar-refractivity contribution in [3.05, 3.63) is 10.6 Å². The first kappa shape index (κ1) is 14.8. The minimum Gasteiger partial charge on any atom is -0.348 e. The lowest BCUT2D eigenvalue weighted by Crippen LogP contribution is -2.35. The molecule has 0 amide bonds. The third-order valence-electron chi connectivity index (χ3n) is 4.53. The molecule has 0 radical (unpaired) electrons. The Kier molecular flexibility index (Phi) is 5.22. The van der Waals surface area contributed by atoms with Gasteiger partial charge in [0.1, 0.15) is 0 Å². The minimum absolute atomic E-state index is 0.622. The van der Waals surface area contributed by atoms with E-state index in [1.54, 1.807) is 11.3 Å². The molecule has 2 N–H and O–H groups in total. The summed E-state index contributed by atoms with van der Waals surface area (Å²) in [5.41, 5.74) is 7.00. The normalized spacial score (nSPS) is 23.6. The average molecular weight is 281 g/mol. The molecule has 1 aromatic heterocycles. The van der Waals surface area contributed by atoms with Gasteiger partial charge in [-0.15, -0.1) is 11.3 Å². The molecule has 1 fully saturated rings. The monoisotopic (exact) mass is 281 g/mol. The van der Waals surface area contributed by atoms with Gasteiger partial charge in [-0.3, -0.25) is 0 Å². The van der Waals surface area contributed by atoms with E-state index in [2.05, 4.69) is 25.8 Å². The van der Waals surface area contributed by atoms with Gasteiger partial charge in [0.2, 0.25) is 0 Å². The number of nitrogens with zero attached hydrogens (tertiary/aromatic N) is 2. The van der Waals surface area contributed by atoms with Crippen LogP contribution >= 0.6 is 11.3 Å². The van der Waals surface area contributed by atoms with Gasteiger partial charge in [0.25, 0.3) is 0 Å². The first-order chi connectivity index (χ1) is 9.19. The Balaban J connectivity index is 2.03. The Bertz CT molecular complexity index is 373. The summed E-state index contributed by atoms with van der Waals surface area (Å²) in [6, 6.07) is 0.671. The lowest BCUT2D eigenvalue weighted by molar-refractivity contribution is 0.313. The van der Waals surface area contributed by atoms with Gasteiger partial charge in [0.15, 0.2) is 5.13 Å². The Labute approximate surface area is 121 Å². The predicted molar refractivity (Wildman–Crippen MR) is 83.8 cm³/mol. The topological polar surface area (TPSA) is 42.2 Å². The van der Waals surface area contributed by atoms with Gasteiger partial charge in [-0.1, -0.05) is 20.3 Å². The molecule has 1 heterocycles. The minimum atomic E-state index is 0.622. The van der Waals surface area contributed by atoms with E-state index in [-0.39, 0.29) is 0 Å². The molecule has 108 valence electrons. The van der Waals surface area contributed by atoms with Crippen LogP contribution in [-0.2, 0) is 13.0 Å². The number of anilines is 1. The Hall–Kier alpha value is -0.610. The molecule has 2 rings (SSSR count). The van der Waals surface area contributed by atoms with Crippen molar-refractivity contribution in [3.8, 4) is 0 Å². The molecule has 1 saturated carbocycles. The van der Waals surface area contributed by atoms with Crippen LogP contribution in [0.3, 0.4) is 0 Å². The summed E-state index contributed by atoms with van der Waals surface area (Å²) in [6.45, 7) is 5.10. The van der Waals surface area contributed by atoms with Crippen LogP contribution < -0.4 is 10.6 Å². The zero-order chi connectivity index (χ0) is 13.8. The zero-order valence-corrected chi connectivity index (χ0v) is 13.3. The van der Waals surface area contributed by atoms with Crippen molar-refractivity contribution >= 4 is 16.5 Å². The molecule has 19 heavy (non-hydrogen) atoms. The molecule has 0 bridgehead atoms. The first-order valence-electron chi connectivity index (χ1n) is 7.61. The van der Waals surface area contributed by atoms with Crippen molar-refractivity contribution in [2.24, 2.45) is 11.7 Å². The van der Waals surface area contributed by atoms with Crippen LogP contribution in [0.1, 0.15) is 56.5 Å². The molecule has 0 unspecified atom stereocenters. The molecule has 1 aliphatic carbocycles. The quantitative estimate of drug-likeness (QED) is 0.897. The highest BCUT2D eigenvalue weighted by Gasteiger charge is 2.25. The van der Waals surface area contributed by atoms with E-state index in [0.29, 0.717) is 12.6 Å². The maximum atomic E-state index is 5.81. The van der Waals surface area contributed by atoms with Crippen molar-refractivity contribution in [2.75, 3.05) is 11.9 Å². The predicted octanol–water partition coefficient (Wildman–Crippen LogP) is 3.57. The van der Waals surface area contributed by atoms with Gasteiger partial charge in [0.05, 0.1) is 5.69 Å². The van der Waals surface area contributed by atoms with Crippen LogP contribution in [0.5, 0.6) is 0 Å². The summed E-state index contributed by atoms with van der Waals surface area (Å²) in [6.07, 6.45) is 7.70. The second-order valence-corrected chi connectivity index (χ2v) is 6.68. The SMILES string of the molecule is CCc1nc(N(C)C2CCC(CC)CC2)sc1CN. The highest BCUT2D eigenvalue weighted by Crippen LogP contribution is 2.33. The van der Waals surface area contributed by atoms with Crippen molar-refractivity contribution in [3.63, 3.8) is 0 Å². The van der Waals surface area contributed by atoms with Gasteiger partial charge < -0.3 is 10.6 Å². The summed E-state index contributed by atoms with van der Waals surface area (Å²) < 4.78 is 0. The molecule has 0 saturated heterocycles. The second kappa shape index (κ2) is 6.71. The van der Waals surface area contributed by atoms with E-state index in [0.717, 1.165) is 17.5 Å². The summed E-state index contributed by atoms with van der Waals surface area (Å²) in [7, 11) is 2.20. The third-order valence-corrected chi connectivity index (χ3v) is 5.74. The van der Waals surface area contributed by atoms with Gasteiger partial charge in [-0.25, -0.2) is 4.98 Å². The second-order valence-electron chi connectivity index (χ2n) is 5.62. The molecule has 1 aliphatic rings. The summed E-state index contributed by atoms with van der Waals surface area (Å²) in [5, 5.41) is 1.16. The van der Waals surface area contributed by atoms with Crippen LogP contribution in [0.25, 0.3) is 0 Å². The third kappa shape index (κ3) is 3.29. The molecule has 0 spiro atoms. The maximum absolute atomic E-state index is 5.81. The molecule has 0 aromatic carbocycles. The maximum Gasteiger partial charge on any atom is 0.185 e. The van der Waals surface area contributed by atoms with E-state index in [9.17, 15) is 0 Å². The Morgan fingerprint density at radius 3 is 2.42 bits per heavy atom. The summed E-state index contributed by atoms with van der Waals surface area (Å²) in [5.74, 6) is 0.951. The molecule has 3 nitrogen and oxygen atoms in total. The van der Waals surface area contributed by atoms with Crippen LogP contribution in [-0.4, -0.2) is 18.1 Å². The van der Waals surface area contributed by atoms with Gasteiger partial charge in [0, 0.05) is 24.5 Å². The van der Waals surface area contributed by atoms with Gasteiger partial charge in [-0.05, 0) is 38.0 Å². The zero-order valence-electron chi connectivity index (χ0n) is 12.5. The average Bonchev–Trinajstić information content (AvgIpc) is 2.89. The molecule has 1 aromatic rings. The molecule has 0 atom stereocenters. The molecule has 4 heteroatoms. The van der Waals surface area contributed by atoms with Crippen molar-refractivity contribution in [2.45, 2.75) is 65.0 Å². The largest absolute Gasteiger partial charge is 0.348 e. The van der Waals surface area contributed by atoms with Crippen LogP contribution in [0.4, 0.5) is 5.13 Å². The lowest BCUT2D eigenvalue weighted by atomic mass is 9.84. The lowest BCUT2D eigenvalue weighted by Gasteiger charge is -2.34. The fourth-order valence-electron chi connectivity index (χ4n) is 3.05.